The Hall–Kier alpha value is -2.54. The average Bonchev–Trinajstić information content (AvgIpc) is 2.56. The summed E-state index contributed by atoms with van der Waals surface area (Å²) in [5.74, 6) is -0.443. The molecule has 0 heterocycles. The quantitative estimate of drug-likeness (QED) is 0.449. The fourth-order valence-electron chi connectivity index (χ4n) is 1.98. The van der Waals surface area contributed by atoms with Crippen LogP contribution in [0, 0.1) is 0 Å². The number of hydrazone groups is 1. The fourth-order valence-corrected chi connectivity index (χ4v) is 2.25. The van der Waals surface area contributed by atoms with Gasteiger partial charge in [0.1, 0.15) is 17.5 Å². The van der Waals surface area contributed by atoms with Crippen LogP contribution in [-0.2, 0) is 4.79 Å². The van der Waals surface area contributed by atoms with Crippen molar-refractivity contribution in [2.75, 3.05) is 5.32 Å². The molecule has 0 unspecified atom stereocenters. The lowest BCUT2D eigenvalue weighted by Gasteiger charge is -2.16. The van der Waals surface area contributed by atoms with Gasteiger partial charge in [0.15, 0.2) is 0 Å². The van der Waals surface area contributed by atoms with Gasteiger partial charge in [-0.3, -0.25) is 4.79 Å². The van der Waals surface area contributed by atoms with Crippen molar-refractivity contribution in [2.45, 2.75) is 19.4 Å². The third-order valence-electron chi connectivity index (χ3n) is 3.30. The number of carbonyl (C=O) groups excluding carboxylic acids is 1. The van der Waals surface area contributed by atoms with Crippen molar-refractivity contribution in [1.82, 2.24) is 5.43 Å². The first-order valence-corrected chi connectivity index (χ1v) is 8.16. The minimum atomic E-state index is -0.434. The van der Waals surface area contributed by atoms with Crippen molar-refractivity contribution in [3.8, 4) is 11.5 Å². The Morgan fingerprint density at radius 1 is 1.25 bits per heavy atom. The summed E-state index contributed by atoms with van der Waals surface area (Å²) in [5, 5.41) is 25.9. The van der Waals surface area contributed by atoms with E-state index in [1.54, 1.807) is 0 Å². The van der Waals surface area contributed by atoms with Gasteiger partial charge in [0.2, 0.25) is 0 Å². The molecule has 0 aliphatic heterocycles. The maximum absolute atomic E-state index is 12.2. The van der Waals surface area contributed by atoms with Crippen LogP contribution in [0.5, 0.6) is 11.5 Å². The highest BCUT2D eigenvalue weighted by molar-refractivity contribution is 9.10. The number of hydrogen-bond acceptors (Lipinski definition) is 5. The summed E-state index contributed by atoms with van der Waals surface area (Å²) in [6, 6.07) is 11.2. The molecule has 0 fully saturated rings. The first-order chi connectivity index (χ1) is 11.5. The highest BCUT2D eigenvalue weighted by atomic mass is 79.9. The van der Waals surface area contributed by atoms with Crippen LogP contribution < -0.4 is 10.7 Å². The van der Waals surface area contributed by atoms with Crippen molar-refractivity contribution < 1.29 is 15.0 Å². The maximum Gasteiger partial charge on any atom is 0.262 e. The van der Waals surface area contributed by atoms with Gasteiger partial charge in [-0.15, -0.1) is 0 Å². The monoisotopic (exact) mass is 391 g/mol. The van der Waals surface area contributed by atoms with Gasteiger partial charge in [0.25, 0.3) is 5.91 Å². The molecule has 126 valence electrons. The number of phenolic OH excluding ortho intramolecular Hbond substituents is 2. The lowest BCUT2D eigenvalue weighted by Crippen LogP contribution is -2.36. The molecule has 0 bridgehead atoms. The van der Waals surface area contributed by atoms with Gasteiger partial charge >= 0.3 is 0 Å². The van der Waals surface area contributed by atoms with Gasteiger partial charge < -0.3 is 15.5 Å². The summed E-state index contributed by atoms with van der Waals surface area (Å²) in [6.07, 6.45) is 1.90. The van der Waals surface area contributed by atoms with Crippen LogP contribution in [0.25, 0.3) is 0 Å². The van der Waals surface area contributed by atoms with Crippen LogP contribution in [0.4, 0.5) is 5.69 Å². The molecule has 0 spiro atoms. The first kappa shape index (κ1) is 17.8. The van der Waals surface area contributed by atoms with Crippen molar-refractivity contribution in [3.05, 3.63) is 52.5 Å². The van der Waals surface area contributed by atoms with Crippen molar-refractivity contribution in [1.29, 1.82) is 0 Å². The highest BCUT2D eigenvalue weighted by Crippen LogP contribution is 2.20. The van der Waals surface area contributed by atoms with Crippen molar-refractivity contribution in [3.63, 3.8) is 0 Å². The second-order valence-corrected chi connectivity index (χ2v) is 6.01. The fraction of sp³-hybridized carbons (Fsp3) is 0.176. The summed E-state index contributed by atoms with van der Waals surface area (Å²) < 4.78 is 0.962. The van der Waals surface area contributed by atoms with Gasteiger partial charge in [0, 0.05) is 21.8 Å². The second kappa shape index (κ2) is 8.35. The molecule has 1 amide bonds. The molecule has 2 rings (SSSR count). The number of aromatic hydroxyl groups is 2. The van der Waals surface area contributed by atoms with E-state index < -0.39 is 6.04 Å². The second-order valence-electron chi connectivity index (χ2n) is 5.09. The minimum Gasteiger partial charge on any atom is -0.508 e. The number of rotatable bonds is 6. The molecular formula is C17H18BrN3O3. The van der Waals surface area contributed by atoms with Crippen LogP contribution in [0.15, 0.2) is 52.0 Å². The predicted octanol–water partition coefficient (Wildman–Crippen LogP) is 3.20. The van der Waals surface area contributed by atoms with Gasteiger partial charge in [-0.25, -0.2) is 5.43 Å². The normalized spacial score (nSPS) is 12.1. The third-order valence-corrected chi connectivity index (χ3v) is 3.83. The molecule has 7 heteroatoms. The van der Waals surface area contributed by atoms with Crippen LogP contribution in [0.2, 0.25) is 0 Å². The topological polar surface area (TPSA) is 94.0 Å². The third kappa shape index (κ3) is 4.99. The largest absolute Gasteiger partial charge is 0.508 e. The Kier molecular flexibility index (Phi) is 6.20. The van der Waals surface area contributed by atoms with E-state index in [1.165, 1.54) is 24.4 Å². The number of phenols is 2. The zero-order chi connectivity index (χ0) is 17.5. The van der Waals surface area contributed by atoms with Crippen LogP contribution in [-0.4, -0.2) is 28.4 Å². The number of hydrogen-bond donors (Lipinski definition) is 4. The van der Waals surface area contributed by atoms with E-state index in [-0.39, 0.29) is 17.4 Å². The molecule has 0 radical (unpaired) electrons. The lowest BCUT2D eigenvalue weighted by atomic mass is 10.2. The Balaban J connectivity index is 1.96. The number of benzene rings is 2. The average molecular weight is 392 g/mol. The number of amides is 1. The zero-order valence-electron chi connectivity index (χ0n) is 13.0. The standard InChI is InChI=1S/C17H18BrN3O3/c1-2-15(20-13-6-4-12(18)5-7-13)17(24)21-19-10-11-3-8-14(22)9-16(11)23/h3-10,15,20,22-23H,2H2,1H3,(H,21,24)/b19-10+/t15-/m1/s1. The van der Waals surface area contributed by atoms with Gasteiger partial charge in [0.05, 0.1) is 6.21 Å². The Morgan fingerprint density at radius 3 is 2.58 bits per heavy atom. The molecule has 4 N–H and O–H groups in total. The Morgan fingerprint density at radius 2 is 1.96 bits per heavy atom. The summed E-state index contributed by atoms with van der Waals surface area (Å²) in [5.41, 5.74) is 3.67. The predicted molar refractivity (Wildman–Crippen MR) is 97.4 cm³/mol. The summed E-state index contributed by atoms with van der Waals surface area (Å²) in [4.78, 5) is 12.2. The van der Waals surface area contributed by atoms with Gasteiger partial charge in [-0.05, 0) is 42.8 Å². The van der Waals surface area contributed by atoms with Crippen LogP contribution in [0.1, 0.15) is 18.9 Å². The van der Waals surface area contributed by atoms with E-state index in [9.17, 15) is 15.0 Å². The highest BCUT2D eigenvalue weighted by Gasteiger charge is 2.15. The van der Waals surface area contributed by atoms with Crippen LogP contribution in [0.3, 0.4) is 0 Å². The minimum absolute atomic E-state index is 0.0431. The lowest BCUT2D eigenvalue weighted by molar-refractivity contribution is -0.121. The number of nitrogens with zero attached hydrogens (tertiary/aromatic N) is 1. The summed E-state index contributed by atoms with van der Waals surface area (Å²) in [6.45, 7) is 1.89. The Bertz CT molecular complexity index is 732. The molecular weight excluding hydrogens is 374 g/mol. The molecule has 0 saturated heterocycles. The Labute approximate surface area is 148 Å². The number of anilines is 1. The molecule has 6 nitrogen and oxygen atoms in total. The molecule has 0 aromatic heterocycles. The molecule has 24 heavy (non-hydrogen) atoms. The van der Waals surface area contributed by atoms with E-state index in [0.717, 1.165) is 10.2 Å². The smallest absolute Gasteiger partial charge is 0.262 e. The summed E-state index contributed by atoms with van der Waals surface area (Å²) in [7, 11) is 0. The molecule has 0 aliphatic rings. The first-order valence-electron chi connectivity index (χ1n) is 7.36. The summed E-state index contributed by atoms with van der Waals surface area (Å²) >= 11 is 3.36. The molecule has 0 saturated carbocycles. The van der Waals surface area contributed by atoms with E-state index in [1.807, 2.05) is 31.2 Å². The van der Waals surface area contributed by atoms with E-state index in [2.05, 4.69) is 31.8 Å². The van der Waals surface area contributed by atoms with Gasteiger partial charge in [-0.2, -0.15) is 5.10 Å². The number of nitrogens with one attached hydrogen (secondary N) is 2. The molecule has 1 atom stereocenters. The van der Waals surface area contributed by atoms with Gasteiger partial charge in [-0.1, -0.05) is 22.9 Å². The van der Waals surface area contributed by atoms with E-state index >= 15 is 0 Å². The van der Waals surface area contributed by atoms with Crippen LogP contribution >= 0.6 is 15.9 Å². The number of carbonyl (C=O) groups is 1. The maximum atomic E-state index is 12.2. The number of halogens is 1. The molecule has 0 aliphatic carbocycles. The van der Waals surface area contributed by atoms with E-state index in [0.29, 0.717) is 12.0 Å². The van der Waals surface area contributed by atoms with Crippen molar-refractivity contribution >= 4 is 33.7 Å². The van der Waals surface area contributed by atoms with E-state index in [4.69, 9.17) is 0 Å². The molecule has 2 aromatic rings. The zero-order valence-corrected chi connectivity index (χ0v) is 14.6. The SMILES string of the molecule is CC[C@@H](Nc1ccc(Br)cc1)C(=O)N/N=C/c1ccc(O)cc1O. The molecule has 2 aromatic carbocycles. The van der Waals surface area contributed by atoms with Crippen molar-refractivity contribution in [2.24, 2.45) is 5.10 Å².